The van der Waals surface area contributed by atoms with Crippen molar-refractivity contribution in [2.45, 2.75) is 0 Å². The number of rotatable bonds is 3. The molecule has 0 spiro atoms. The van der Waals surface area contributed by atoms with Crippen LogP contribution in [0.5, 0.6) is 0 Å². The lowest BCUT2D eigenvalue weighted by molar-refractivity contribution is 0.824. The summed E-state index contributed by atoms with van der Waals surface area (Å²) in [6, 6.07) is 49.1. The molecule has 6 aromatic rings. The van der Waals surface area contributed by atoms with E-state index in [-0.39, 0.29) is 5.48 Å². The number of hydrogen-bond donors (Lipinski definition) is 1. The Morgan fingerprint density at radius 1 is 0.364 bits per heavy atom. The Kier molecular flexibility index (Phi) is 7.32. The molecule has 0 unspecified atom stereocenters. The molecule has 0 aliphatic rings. The molecule has 162 valence electrons. The third kappa shape index (κ3) is 5.04. The van der Waals surface area contributed by atoms with E-state index in [9.17, 15) is 0 Å². The van der Waals surface area contributed by atoms with Gasteiger partial charge in [-0.3, -0.25) is 0 Å². The average Bonchev–Trinajstić information content (AvgIpc) is 3.26. The molecule has 2 nitrogen and oxygen atoms in total. The summed E-state index contributed by atoms with van der Waals surface area (Å²) in [6.07, 6.45) is 0. The Bertz CT molecular complexity index is 1270. The van der Waals surface area contributed by atoms with Crippen molar-refractivity contribution in [1.82, 2.24) is 4.98 Å². The highest BCUT2D eigenvalue weighted by molar-refractivity contribution is 7.79. The Hall–Kier alpha value is -3.71. The summed E-state index contributed by atoms with van der Waals surface area (Å²) >= 11 is 0. The molecule has 0 bridgehead atoms. The van der Waals surface area contributed by atoms with Gasteiger partial charge in [-0.2, -0.15) is 0 Å². The number of fused-ring (bicyclic) bond motifs is 3. The highest BCUT2D eigenvalue weighted by atomic mass is 31.1. The van der Waals surface area contributed by atoms with Crippen LogP contribution in [0.25, 0.3) is 21.8 Å². The predicted molar refractivity (Wildman–Crippen MR) is 145 cm³/mol. The third-order valence-corrected chi connectivity index (χ3v) is 7.90. The first-order valence-corrected chi connectivity index (χ1v) is 12.1. The van der Waals surface area contributed by atoms with Gasteiger partial charge in [-0.05, 0) is 36.0 Å². The van der Waals surface area contributed by atoms with Crippen LogP contribution in [0.4, 0.5) is 0 Å². The van der Waals surface area contributed by atoms with Crippen LogP contribution < -0.4 is 15.9 Å². The van der Waals surface area contributed by atoms with E-state index >= 15 is 0 Å². The maximum Gasteiger partial charge on any atom is 0.0464 e. The summed E-state index contributed by atoms with van der Waals surface area (Å²) in [5, 5.41) is 6.80. The second-order valence-electron chi connectivity index (χ2n) is 7.56. The van der Waals surface area contributed by atoms with Crippen molar-refractivity contribution >= 4 is 45.6 Å². The molecular formula is C30H26NOP. The molecule has 0 saturated heterocycles. The molecular weight excluding hydrogens is 421 g/mol. The highest BCUT2D eigenvalue weighted by Crippen LogP contribution is 2.32. The third-order valence-electron chi connectivity index (χ3n) is 5.46. The first-order valence-electron chi connectivity index (χ1n) is 10.8. The van der Waals surface area contributed by atoms with Crippen molar-refractivity contribution in [2.75, 3.05) is 0 Å². The Morgan fingerprint density at radius 2 is 0.667 bits per heavy atom. The Morgan fingerprint density at radius 3 is 1.03 bits per heavy atom. The second kappa shape index (κ2) is 10.7. The molecule has 0 aliphatic heterocycles. The van der Waals surface area contributed by atoms with E-state index in [1.165, 1.54) is 37.7 Å². The van der Waals surface area contributed by atoms with Gasteiger partial charge in [0.25, 0.3) is 0 Å². The first-order chi connectivity index (χ1) is 15.9. The number of benzene rings is 5. The summed E-state index contributed by atoms with van der Waals surface area (Å²) in [7, 11) is -0.446. The summed E-state index contributed by atoms with van der Waals surface area (Å²) in [6.45, 7) is 0. The second-order valence-corrected chi connectivity index (χ2v) is 9.78. The fourth-order valence-electron chi connectivity index (χ4n) is 3.98. The van der Waals surface area contributed by atoms with Gasteiger partial charge in [-0.1, -0.05) is 127 Å². The number of para-hydroxylation sites is 2. The standard InChI is InChI=1S/C18H15P.C12H9N.H2O/c1-4-10-16(11-5-1)19(17-12-6-2-7-13-17)18-14-8-3-9-15-18;1-3-7-11-9(5-1)10-6-2-4-8-12(10)13-11;/h1-15H;1-8,13H;1H2. The molecule has 0 fully saturated rings. The lowest BCUT2D eigenvalue weighted by atomic mass is 10.2. The molecule has 6 rings (SSSR count). The van der Waals surface area contributed by atoms with E-state index in [4.69, 9.17) is 0 Å². The van der Waals surface area contributed by atoms with Crippen molar-refractivity contribution in [3.63, 3.8) is 0 Å². The van der Waals surface area contributed by atoms with E-state index in [2.05, 4.69) is 145 Å². The molecule has 3 heteroatoms. The van der Waals surface area contributed by atoms with Crippen LogP contribution in [0, 0.1) is 0 Å². The molecule has 0 saturated carbocycles. The zero-order valence-electron chi connectivity index (χ0n) is 18.2. The smallest absolute Gasteiger partial charge is 0.0464 e. The molecule has 1 aromatic heterocycles. The minimum Gasteiger partial charge on any atom is -0.412 e. The van der Waals surface area contributed by atoms with Crippen LogP contribution in [0.15, 0.2) is 140 Å². The van der Waals surface area contributed by atoms with Gasteiger partial charge in [0, 0.05) is 21.8 Å². The van der Waals surface area contributed by atoms with Gasteiger partial charge in [0.1, 0.15) is 0 Å². The number of H-pyrrole nitrogens is 1. The molecule has 0 atom stereocenters. The van der Waals surface area contributed by atoms with Crippen molar-refractivity contribution in [1.29, 1.82) is 0 Å². The fourth-order valence-corrected chi connectivity index (χ4v) is 6.28. The maximum atomic E-state index is 3.38. The van der Waals surface area contributed by atoms with Crippen LogP contribution >= 0.6 is 7.92 Å². The molecule has 33 heavy (non-hydrogen) atoms. The number of aromatic amines is 1. The summed E-state index contributed by atoms with van der Waals surface area (Å²) in [5.41, 5.74) is 2.42. The molecule has 0 aliphatic carbocycles. The van der Waals surface area contributed by atoms with E-state index in [1.54, 1.807) is 0 Å². The van der Waals surface area contributed by atoms with Gasteiger partial charge in [0.05, 0.1) is 0 Å². The Labute approximate surface area is 195 Å². The van der Waals surface area contributed by atoms with Crippen molar-refractivity contribution < 1.29 is 5.48 Å². The minimum atomic E-state index is -0.446. The summed E-state index contributed by atoms with van der Waals surface area (Å²) in [5.74, 6) is 0. The zero-order valence-corrected chi connectivity index (χ0v) is 19.1. The lowest BCUT2D eigenvalue weighted by Gasteiger charge is -2.18. The van der Waals surface area contributed by atoms with E-state index < -0.39 is 7.92 Å². The van der Waals surface area contributed by atoms with Gasteiger partial charge in [0.2, 0.25) is 0 Å². The molecule has 0 amide bonds. The fraction of sp³-hybridized carbons (Fsp3) is 0. The first kappa shape index (κ1) is 22.5. The number of aromatic nitrogens is 1. The largest absolute Gasteiger partial charge is 0.412 e. The monoisotopic (exact) mass is 447 g/mol. The van der Waals surface area contributed by atoms with Crippen LogP contribution in [-0.4, -0.2) is 10.5 Å². The van der Waals surface area contributed by atoms with E-state index in [0.29, 0.717) is 0 Å². The van der Waals surface area contributed by atoms with Gasteiger partial charge in [-0.25, -0.2) is 0 Å². The quantitative estimate of drug-likeness (QED) is 0.326. The SMILES string of the molecule is O.c1ccc(P(c2ccccc2)c2ccccc2)cc1.c1ccc2c(c1)[nH]c1ccccc12. The van der Waals surface area contributed by atoms with Gasteiger partial charge < -0.3 is 10.5 Å². The van der Waals surface area contributed by atoms with Gasteiger partial charge in [0.15, 0.2) is 0 Å². The minimum absolute atomic E-state index is 0. The van der Waals surface area contributed by atoms with E-state index in [0.717, 1.165) is 0 Å². The van der Waals surface area contributed by atoms with Gasteiger partial charge in [-0.15, -0.1) is 0 Å². The zero-order chi connectivity index (χ0) is 21.6. The normalized spacial score (nSPS) is 10.5. The topological polar surface area (TPSA) is 47.3 Å². The predicted octanol–water partition coefficient (Wildman–Crippen LogP) is 5.94. The van der Waals surface area contributed by atoms with Crippen LogP contribution in [0.2, 0.25) is 0 Å². The van der Waals surface area contributed by atoms with Crippen LogP contribution in [0.1, 0.15) is 0 Å². The average molecular weight is 448 g/mol. The van der Waals surface area contributed by atoms with Gasteiger partial charge >= 0.3 is 0 Å². The van der Waals surface area contributed by atoms with Crippen molar-refractivity contribution in [3.8, 4) is 0 Å². The van der Waals surface area contributed by atoms with E-state index in [1.807, 2.05) is 0 Å². The van der Waals surface area contributed by atoms with Crippen LogP contribution in [-0.2, 0) is 0 Å². The maximum absolute atomic E-state index is 3.38. The number of hydrogen-bond acceptors (Lipinski definition) is 0. The Balaban J connectivity index is 0.000000162. The molecule has 0 radical (unpaired) electrons. The molecule has 3 N–H and O–H groups in total. The molecule has 1 heterocycles. The number of nitrogens with one attached hydrogen (secondary N) is 1. The summed E-state index contributed by atoms with van der Waals surface area (Å²) < 4.78 is 0. The van der Waals surface area contributed by atoms with Crippen molar-refractivity contribution in [2.24, 2.45) is 0 Å². The van der Waals surface area contributed by atoms with Crippen molar-refractivity contribution in [3.05, 3.63) is 140 Å². The summed E-state index contributed by atoms with van der Waals surface area (Å²) in [4.78, 5) is 3.38. The lowest BCUT2D eigenvalue weighted by Crippen LogP contribution is -2.20. The highest BCUT2D eigenvalue weighted by Gasteiger charge is 2.15. The molecule has 5 aromatic carbocycles. The van der Waals surface area contributed by atoms with Crippen LogP contribution in [0.3, 0.4) is 0 Å².